The van der Waals surface area contributed by atoms with Gasteiger partial charge in [-0.05, 0) is 25.7 Å². The van der Waals surface area contributed by atoms with Gasteiger partial charge >= 0.3 is 0 Å². The van der Waals surface area contributed by atoms with E-state index in [9.17, 15) is 12.8 Å². The highest BCUT2D eigenvalue weighted by atomic mass is 32.2. The highest BCUT2D eigenvalue weighted by Crippen LogP contribution is 2.37. The molecule has 2 unspecified atom stereocenters. The lowest BCUT2D eigenvalue weighted by Crippen LogP contribution is -2.38. The van der Waals surface area contributed by atoms with E-state index in [0.29, 0.717) is 25.9 Å². The molecule has 2 aliphatic rings. The minimum absolute atomic E-state index is 0.00648. The fourth-order valence-corrected chi connectivity index (χ4v) is 4.31. The van der Waals surface area contributed by atoms with Crippen LogP contribution in [0.15, 0.2) is 0 Å². The van der Waals surface area contributed by atoms with Crippen molar-refractivity contribution in [1.29, 1.82) is 0 Å². The van der Waals surface area contributed by atoms with Crippen LogP contribution in [0.4, 0.5) is 4.39 Å². The zero-order valence-electron chi connectivity index (χ0n) is 9.00. The summed E-state index contributed by atoms with van der Waals surface area (Å²) in [5, 5.41) is 3.06. The summed E-state index contributed by atoms with van der Waals surface area (Å²) in [7, 11) is -2.83. The monoisotopic (exact) mass is 235 g/mol. The van der Waals surface area contributed by atoms with Gasteiger partial charge in [0.2, 0.25) is 0 Å². The minimum Gasteiger partial charge on any atom is -0.313 e. The van der Waals surface area contributed by atoms with Crippen molar-refractivity contribution in [3.05, 3.63) is 0 Å². The minimum atomic E-state index is -2.83. The maximum Gasteiger partial charge on any atom is 0.150 e. The predicted molar refractivity (Wildman–Crippen MR) is 57.3 cm³/mol. The average Bonchev–Trinajstić information content (AvgIpc) is 2.46. The number of hydrogen-bond donors (Lipinski definition) is 1. The SMILES string of the molecule is CC1(F)CNCC1C1CCS(=O)(=O)CC1. The largest absolute Gasteiger partial charge is 0.313 e. The Hall–Kier alpha value is -0.160. The van der Waals surface area contributed by atoms with Gasteiger partial charge in [-0.2, -0.15) is 0 Å². The quantitative estimate of drug-likeness (QED) is 0.730. The molecular weight excluding hydrogens is 217 g/mol. The van der Waals surface area contributed by atoms with Gasteiger partial charge < -0.3 is 5.32 Å². The molecule has 2 rings (SSSR count). The van der Waals surface area contributed by atoms with E-state index >= 15 is 0 Å². The van der Waals surface area contributed by atoms with Crippen molar-refractivity contribution >= 4 is 9.84 Å². The van der Waals surface area contributed by atoms with Crippen LogP contribution in [0, 0.1) is 11.8 Å². The second kappa shape index (κ2) is 3.70. The van der Waals surface area contributed by atoms with E-state index in [-0.39, 0.29) is 23.3 Å². The molecule has 0 spiro atoms. The molecule has 88 valence electrons. The van der Waals surface area contributed by atoms with Crippen molar-refractivity contribution in [3.8, 4) is 0 Å². The first-order valence-electron chi connectivity index (χ1n) is 5.51. The molecule has 5 heteroatoms. The van der Waals surface area contributed by atoms with Crippen molar-refractivity contribution in [3.63, 3.8) is 0 Å². The molecule has 15 heavy (non-hydrogen) atoms. The Balaban J connectivity index is 2.02. The van der Waals surface area contributed by atoms with Crippen LogP contribution >= 0.6 is 0 Å². The van der Waals surface area contributed by atoms with Gasteiger partial charge in [-0.15, -0.1) is 0 Å². The van der Waals surface area contributed by atoms with E-state index in [0.717, 1.165) is 0 Å². The molecule has 2 heterocycles. The molecule has 0 saturated carbocycles. The van der Waals surface area contributed by atoms with Crippen LogP contribution in [0.2, 0.25) is 0 Å². The predicted octanol–water partition coefficient (Wildman–Crippen LogP) is 0.759. The van der Waals surface area contributed by atoms with E-state index in [1.165, 1.54) is 0 Å². The summed E-state index contributed by atoms with van der Waals surface area (Å²) in [6.07, 6.45) is 1.27. The summed E-state index contributed by atoms with van der Waals surface area (Å²) >= 11 is 0. The van der Waals surface area contributed by atoms with Crippen LogP contribution in [0.1, 0.15) is 19.8 Å². The van der Waals surface area contributed by atoms with Gasteiger partial charge in [-0.1, -0.05) is 0 Å². The standard InChI is InChI=1S/C10H18FNO2S/c1-10(11)7-12-6-9(10)8-2-4-15(13,14)5-3-8/h8-9,12H,2-7H2,1H3. The van der Waals surface area contributed by atoms with E-state index in [2.05, 4.69) is 5.32 Å². The molecule has 0 aliphatic carbocycles. The highest BCUT2D eigenvalue weighted by molar-refractivity contribution is 7.91. The summed E-state index contributed by atoms with van der Waals surface area (Å²) in [5.41, 5.74) is -1.16. The first kappa shape index (κ1) is 11.3. The van der Waals surface area contributed by atoms with E-state index < -0.39 is 15.5 Å². The Labute approximate surface area is 90.4 Å². The highest BCUT2D eigenvalue weighted by Gasteiger charge is 2.44. The van der Waals surface area contributed by atoms with Crippen molar-refractivity contribution in [1.82, 2.24) is 5.32 Å². The molecule has 0 aromatic carbocycles. The summed E-state index contributed by atoms with van der Waals surface area (Å²) in [4.78, 5) is 0. The van der Waals surface area contributed by atoms with Crippen LogP contribution in [0.5, 0.6) is 0 Å². The third-order valence-electron chi connectivity index (χ3n) is 3.78. The molecular formula is C10H18FNO2S. The molecule has 2 atom stereocenters. The topological polar surface area (TPSA) is 46.2 Å². The van der Waals surface area contributed by atoms with Crippen molar-refractivity contribution in [2.24, 2.45) is 11.8 Å². The lowest BCUT2D eigenvalue weighted by Gasteiger charge is -2.32. The molecule has 2 saturated heterocycles. The second-order valence-corrected chi connectivity index (χ2v) is 7.31. The first-order valence-corrected chi connectivity index (χ1v) is 7.33. The molecule has 0 radical (unpaired) electrons. The van der Waals surface area contributed by atoms with E-state index in [1.54, 1.807) is 6.92 Å². The van der Waals surface area contributed by atoms with Crippen LogP contribution in [0.3, 0.4) is 0 Å². The normalized spacial score (nSPS) is 41.9. The van der Waals surface area contributed by atoms with E-state index in [1.807, 2.05) is 0 Å². The Morgan fingerprint density at radius 1 is 1.33 bits per heavy atom. The Bertz CT molecular complexity index is 325. The number of hydrogen-bond acceptors (Lipinski definition) is 3. The molecule has 3 nitrogen and oxygen atoms in total. The maximum atomic E-state index is 14.0. The van der Waals surface area contributed by atoms with Gasteiger partial charge in [0.25, 0.3) is 0 Å². The number of rotatable bonds is 1. The van der Waals surface area contributed by atoms with Gasteiger partial charge in [0.15, 0.2) is 0 Å². The van der Waals surface area contributed by atoms with Crippen LogP contribution in [-0.2, 0) is 9.84 Å². The third-order valence-corrected chi connectivity index (χ3v) is 5.49. The fourth-order valence-electron chi connectivity index (χ4n) is 2.78. The van der Waals surface area contributed by atoms with Crippen LogP contribution < -0.4 is 5.32 Å². The molecule has 0 bridgehead atoms. The van der Waals surface area contributed by atoms with Gasteiger partial charge in [0, 0.05) is 19.0 Å². The Morgan fingerprint density at radius 3 is 2.40 bits per heavy atom. The molecule has 0 amide bonds. The number of nitrogens with one attached hydrogen (secondary N) is 1. The van der Waals surface area contributed by atoms with Crippen LogP contribution in [0.25, 0.3) is 0 Å². The second-order valence-electron chi connectivity index (χ2n) is 5.00. The number of alkyl halides is 1. The van der Waals surface area contributed by atoms with E-state index in [4.69, 9.17) is 0 Å². The summed E-state index contributed by atoms with van der Waals surface area (Å²) < 4.78 is 36.6. The molecule has 2 fully saturated rings. The Morgan fingerprint density at radius 2 is 1.93 bits per heavy atom. The van der Waals surface area contributed by atoms with Gasteiger partial charge in [0.1, 0.15) is 15.5 Å². The lowest BCUT2D eigenvalue weighted by atomic mass is 9.80. The number of sulfone groups is 1. The molecule has 0 aromatic rings. The summed E-state index contributed by atoms with van der Waals surface area (Å²) in [6, 6.07) is 0. The fraction of sp³-hybridized carbons (Fsp3) is 1.00. The first-order chi connectivity index (χ1) is 6.91. The zero-order valence-corrected chi connectivity index (χ0v) is 9.82. The van der Waals surface area contributed by atoms with Crippen molar-refractivity contribution in [2.45, 2.75) is 25.4 Å². The van der Waals surface area contributed by atoms with Crippen LogP contribution in [-0.4, -0.2) is 38.7 Å². The maximum absolute atomic E-state index is 14.0. The van der Waals surface area contributed by atoms with Crippen molar-refractivity contribution < 1.29 is 12.8 Å². The molecule has 1 N–H and O–H groups in total. The third kappa shape index (κ3) is 2.33. The Kier molecular flexibility index (Phi) is 2.79. The average molecular weight is 235 g/mol. The van der Waals surface area contributed by atoms with Gasteiger partial charge in [-0.25, -0.2) is 12.8 Å². The molecule has 0 aromatic heterocycles. The number of halogens is 1. The van der Waals surface area contributed by atoms with Crippen molar-refractivity contribution in [2.75, 3.05) is 24.6 Å². The van der Waals surface area contributed by atoms with Gasteiger partial charge in [-0.3, -0.25) is 0 Å². The lowest BCUT2D eigenvalue weighted by molar-refractivity contribution is 0.103. The molecule has 2 aliphatic heterocycles. The summed E-state index contributed by atoms with van der Waals surface area (Å²) in [6.45, 7) is 2.72. The summed E-state index contributed by atoms with van der Waals surface area (Å²) in [5.74, 6) is 0.709. The van der Waals surface area contributed by atoms with Gasteiger partial charge in [0.05, 0.1) is 11.5 Å². The smallest absolute Gasteiger partial charge is 0.150 e. The zero-order chi connectivity index (χ0) is 11.1.